The van der Waals surface area contributed by atoms with Crippen LogP contribution in [-0.2, 0) is 9.53 Å². The third-order valence-corrected chi connectivity index (χ3v) is 4.73. The first-order valence-corrected chi connectivity index (χ1v) is 7.24. The molecule has 3 fully saturated rings. The lowest BCUT2D eigenvalue weighted by Crippen LogP contribution is -2.59. The minimum absolute atomic E-state index is 0.0104. The number of hydrogen-bond donors (Lipinski definition) is 1. The van der Waals surface area contributed by atoms with E-state index in [1.165, 1.54) is 6.42 Å². The molecular weight excluding hydrogens is 228 g/mol. The van der Waals surface area contributed by atoms with Crippen LogP contribution in [0.5, 0.6) is 0 Å². The summed E-state index contributed by atoms with van der Waals surface area (Å²) >= 11 is 0. The minimum Gasteiger partial charge on any atom is -0.371 e. The van der Waals surface area contributed by atoms with Gasteiger partial charge in [0.05, 0.1) is 18.2 Å². The van der Waals surface area contributed by atoms with E-state index in [1.807, 2.05) is 4.90 Å². The van der Waals surface area contributed by atoms with E-state index in [9.17, 15) is 4.79 Å². The third-order valence-electron chi connectivity index (χ3n) is 4.73. The molecule has 18 heavy (non-hydrogen) atoms. The summed E-state index contributed by atoms with van der Waals surface area (Å²) in [6.07, 6.45) is 5.13. The second kappa shape index (κ2) is 4.49. The van der Waals surface area contributed by atoms with E-state index >= 15 is 0 Å². The number of ether oxygens (including phenoxy) is 1. The molecule has 3 unspecified atom stereocenters. The molecule has 3 rings (SSSR count). The number of carbonyl (C=O) groups is 1. The summed E-state index contributed by atoms with van der Waals surface area (Å²) in [5.41, 5.74) is 0.0761. The molecular formula is C14H24N2O2. The molecule has 0 aromatic heterocycles. The summed E-state index contributed by atoms with van der Waals surface area (Å²) in [6.45, 7) is 6.97. The van der Waals surface area contributed by atoms with Gasteiger partial charge in [-0.3, -0.25) is 4.79 Å². The summed E-state index contributed by atoms with van der Waals surface area (Å²) in [5.74, 6) is 0.292. The van der Waals surface area contributed by atoms with E-state index in [4.69, 9.17) is 4.74 Å². The Balaban J connectivity index is 1.70. The van der Waals surface area contributed by atoms with Gasteiger partial charge in [0.2, 0.25) is 5.91 Å². The molecule has 0 spiro atoms. The van der Waals surface area contributed by atoms with Crippen LogP contribution in [0.25, 0.3) is 0 Å². The molecule has 4 nitrogen and oxygen atoms in total. The van der Waals surface area contributed by atoms with Crippen LogP contribution >= 0.6 is 0 Å². The smallest absolute Gasteiger partial charge is 0.240 e. The number of nitrogens with zero attached hydrogens (tertiary/aromatic N) is 1. The molecule has 3 atom stereocenters. The molecule has 4 heteroatoms. The molecule has 102 valence electrons. The van der Waals surface area contributed by atoms with Crippen LogP contribution in [-0.4, -0.2) is 48.7 Å². The van der Waals surface area contributed by atoms with Gasteiger partial charge in [-0.05, 0) is 37.6 Å². The van der Waals surface area contributed by atoms with Gasteiger partial charge in [-0.2, -0.15) is 0 Å². The summed E-state index contributed by atoms with van der Waals surface area (Å²) in [6, 6.07) is -0.0104. The highest BCUT2D eigenvalue weighted by atomic mass is 16.5. The van der Waals surface area contributed by atoms with Crippen molar-refractivity contribution in [3.8, 4) is 0 Å². The molecule has 0 aliphatic carbocycles. The monoisotopic (exact) mass is 252 g/mol. The van der Waals surface area contributed by atoms with Crippen molar-refractivity contribution < 1.29 is 9.53 Å². The van der Waals surface area contributed by atoms with Gasteiger partial charge < -0.3 is 15.0 Å². The maximum Gasteiger partial charge on any atom is 0.240 e. The van der Waals surface area contributed by atoms with Crippen molar-refractivity contribution in [2.75, 3.05) is 19.6 Å². The van der Waals surface area contributed by atoms with Crippen molar-refractivity contribution in [1.82, 2.24) is 10.2 Å². The fourth-order valence-electron chi connectivity index (χ4n) is 3.61. The first-order chi connectivity index (χ1) is 8.56. The van der Waals surface area contributed by atoms with Gasteiger partial charge in [0.1, 0.15) is 0 Å². The Bertz CT molecular complexity index is 331. The SMILES string of the molecule is CC1(C)CCCNC1C(=O)N1CC2CCC(C1)O2. The van der Waals surface area contributed by atoms with Crippen molar-refractivity contribution in [2.24, 2.45) is 5.41 Å². The van der Waals surface area contributed by atoms with Gasteiger partial charge in [-0.25, -0.2) is 0 Å². The molecule has 1 amide bonds. The zero-order chi connectivity index (χ0) is 12.8. The van der Waals surface area contributed by atoms with Crippen LogP contribution in [0.2, 0.25) is 0 Å². The topological polar surface area (TPSA) is 41.6 Å². The minimum atomic E-state index is -0.0104. The van der Waals surface area contributed by atoms with Crippen LogP contribution in [0.3, 0.4) is 0 Å². The Morgan fingerprint density at radius 3 is 2.56 bits per heavy atom. The lowest BCUT2D eigenvalue weighted by Gasteiger charge is -2.42. The molecule has 3 heterocycles. The molecule has 3 saturated heterocycles. The van der Waals surface area contributed by atoms with Gasteiger partial charge in [-0.15, -0.1) is 0 Å². The van der Waals surface area contributed by atoms with E-state index in [-0.39, 0.29) is 11.5 Å². The van der Waals surface area contributed by atoms with Crippen LogP contribution < -0.4 is 5.32 Å². The zero-order valence-electron chi connectivity index (χ0n) is 11.4. The lowest BCUT2D eigenvalue weighted by molar-refractivity contribution is -0.146. The van der Waals surface area contributed by atoms with Crippen LogP contribution in [0.1, 0.15) is 39.5 Å². The molecule has 0 aromatic carbocycles. The Labute approximate surface area is 109 Å². The normalized spacial score (nSPS) is 38.8. The van der Waals surface area contributed by atoms with E-state index in [0.717, 1.165) is 38.9 Å². The van der Waals surface area contributed by atoms with Crippen molar-refractivity contribution in [2.45, 2.75) is 57.8 Å². The third kappa shape index (κ3) is 2.16. The Kier molecular flexibility index (Phi) is 3.10. The Hall–Kier alpha value is -0.610. The average Bonchev–Trinajstić information content (AvgIpc) is 2.67. The first kappa shape index (κ1) is 12.4. The highest BCUT2D eigenvalue weighted by Gasteiger charge is 2.43. The second-order valence-electron chi connectivity index (χ2n) is 6.68. The van der Waals surface area contributed by atoms with Crippen LogP contribution in [0.15, 0.2) is 0 Å². The number of rotatable bonds is 1. The number of hydrogen-bond acceptors (Lipinski definition) is 3. The van der Waals surface area contributed by atoms with Gasteiger partial charge >= 0.3 is 0 Å². The highest BCUT2D eigenvalue weighted by molar-refractivity contribution is 5.83. The number of fused-ring (bicyclic) bond motifs is 2. The maximum atomic E-state index is 12.7. The van der Waals surface area contributed by atoms with Gasteiger partial charge in [0, 0.05) is 13.1 Å². The largest absolute Gasteiger partial charge is 0.371 e. The lowest BCUT2D eigenvalue weighted by atomic mass is 9.77. The molecule has 0 aromatic rings. The van der Waals surface area contributed by atoms with Crippen LogP contribution in [0, 0.1) is 5.41 Å². The first-order valence-electron chi connectivity index (χ1n) is 7.24. The standard InChI is InChI=1S/C14H24N2O2/c1-14(2)6-3-7-15-12(14)13(17)16-8-10-4-5-11(9-16)18-10/h10-12,15H,3-9H2,1-2H3. The van der Waals surface area contributed by atoms with Crippen molar-refractivity contribution in [1.29, 1.82) is 0 Å². The van der Waals surface area contributed by atoms with Crippen molar-refractivity contribution in [3.63, 3.8) is 0 Å². The predicted octanol–water partition coefficient (Wildman–Crippen LogP) is 1.15. The number of likely N-dealkylation sites (tertiary alicyclic amines) is 1. The summed E-state index contributed by atoms with van der Waals surface area (Å²) < 4.78 is 5.80. The zero-order valence-corrected chi connectivity index (χ0v) is 11.4. The van der Waals surface area contributed by atoms with Gasteiger partial charge in [0.25, 0.3) is 0 Å². The number of morpholine rings is 1. The fourth-order valence-corrected chi connectivity index (χ4v) is 3.61. The predicted molar refractivity (Wildman–Crippen MR) is 69.3 cm³/mol. The fraction of sp³-hybridized carbons (Fsp3) is 0.929. The van der Waals surface area contributed by atoms with E-state index < -0.39 is 0 Å². The number of carbonyl (C=O) groups excluding carboxylic acids is 1. The second-order valence-corrected chi connectivity index (χ2v) is 6.68. The van der Waals surface area contributed by atoms with E-state index in [2.05, 4.69) is 19.2 Å². The number of amides is 1. The molecule has 0 radical (unpaired) electrons. The highest BCUT2D eigenvalue weighted by Crippen LogP contribution is 2.33. The Morgan fingerprint density at radius 1 is 1.28 bits per heavy atom. The quantitative estimate of drug-likeness (QED) is 0.761. The summed E-state index contributed by atoms with van der Waals surface area (Å²) in [5, 5.41) is 3.42. The van der Waals surface area contributed by atoms with Gasteiger partial charge in [0.15, 0.2) is 0 Å². The average molecular weight is 252 g/mol. The Morgan fingerprint density at radius 2 is 1.94 bits per heavy atom. The van der Waals surface area contributed by atoms with Crippen molar-refractivity contribution >= 4 is 5.91 Å². The molecule has 3 aliphatic heterocycles. The molecule has 1 N–H and O–H groups in total. The summed E-state index contributed by atoms with van der Waals surface area (Å²) in [4.78, 5) is 14.7. The molecule has 3 aliphatic rings. The summed E-state index contributed by atoms with van der Waals surface area (Å²) in [7, 11) is 0. The number of piperidine rings is 1. The van der Waals surface area contributed by atoms with Crippen LogP contribution in [0.4, 0.5) is 0 Å². The van der Waals surface area contributed by atoms with Crippen molar-refractivity contribution in [3.05, 3.63) is 0 Å². The molecule has 0 saturated carbocycles. The van der Waals surface area contributed by atoms with E-state index in [1.54, 1.807) is 0 Å². The van der Waals surface area contributed by atoms with Gasteiger partial charge in [-0.1, -0.05) is 13.8 Å². The number of nitrogens with one attached hydrogen (secondary N) is 1. The van der Waals surface area contributed by atoms with E-state index in [0.29, 0.717) is 18.1 Å². The maximum absolute atomic E-state index is 12.7. The molecule has 2 bridgehead atoms.